The molecule has 0 unspecified atom stereocenters. The van der Waals surface area contributed by atoms with Crippen molar-refractivity contribution >= 4 is 11.4 Å². The quantitative estimate of drug-likeness (QED) is 0.339. The summed E-state index contributed by atoms with van der Waals surface area (Å²) in [6, 6.07) is 24.1. The van der Waals surface area contributed by atoms with E-state index in [0.29, 0.717) is 0 Å². The molecule has 0 amide bonds. The molecule has 1 aliphatic heterocycles. The topological polar surface area (TPSA) is 12.5 Å². The summed E-state index contributed by atoms with van der Waals surface area (Å²) in [5.74, 6) is 0. The third-order valence-electron chi connectivity index (χ3n) is 7.56. The molecule has 1 aliphatic carbocycles. The lowest BCUT2D eigenvalue weighted by atomic mass is 9.85. The molecular formula is C33H35NO. The van der Waals surface area contributed by atoms with Gasteiger partial charge in [-0.1, -0.05) is 68.5 Å². The number of ether oxygens (including phenoxy) is 1. The Morgan fingerprint density at radius 1 is 0.886 bits per heavy atom. The molecular weight excluding hydrogens is 426 g/mol. The number of nitrogens with zero attached hydrogens (tertiary/aromatic N) is 1. The van der Waals surface area contributed by atoms with Crippen molar-refractivity contribution in [1.29, 1.82) is 0 Å². The molecule has 0 atom stereocenters. The van der Waals surface area contributed by atoms with Crippen LogP contribution in [0.2, 0.25) is 0 Å². The van der Waals surface area contributed by atoms with Crippen molar-refractivity contribution in [2.24, 2.45) is 0 Å². The van der Waals surface area contributed by atoms with Gasteiger partial charge in [0.25, 0.3) is 0 Å². The second-order valence-corrected chi connectivity index (χ2v) is 10.3. The molecule has 1 fully saturated rings. The van der Waals surface area contributed by atoms with Crippen molar-refractivity contribution in [3.8, 4) is 11.1 Å². The van der Waals surface area contributed by atoms with Gasteiger partial charge < -0.3 is 9.64 Å². The molecule has 178 valence electrons. The van der Waals surface area contributed by atoms with E-state index < -0.39 is 0 Å². The van der Waals surface area contributed by atoms with E-state index in [-0.39, 0.29) is 11.2 Å². The van der Waals surface area contributed by atoms with Gasteiger partial charge in [0.2, 0.25) is 0 Å². The highest BCUT2D eigenvalue weighted by Gasteiger charge is 2.50. The number of hydrogen-bond acceptors (Lipinski definition) is 2. The first-order valence-electron chi connectivity index (χ1n) is 12.7. The number of para-hydroxylation sites is 1. The van der Waals surface area contributed by atoms with Crippen LogP contribution >= 0.6 is 0 Å². The summed E-state index contributed by atoms with van der Waals surface area (Å²) in [6.07, 6.45) is 10.5. The standard InChI is InChI=1S/C33H35NO/c1-6-13-27(7-2)34(28-14-9-8-10-15-28)31-19-17-25(22-24(31)3)26-16-18-29-30(23-26)32(4,5)35-33(29)20-11-12-21-33/h6-10,13-19,22-23H,1-2,11-12,20-21H2,3-5H3/b27-13+. The Morgan fingerprint density at radius 2 is 1.57 bits per heavy atom. The Labute approximate surface area is 210 Å². The van der Waals surface area contributed by atoms with E-state index in [1.165, 1.54) is 40.7 Å². The fraction of sp³-hybridized carbons (Fsp3) is 0.273. The van der Waals surface area contributed by atoms with Crippen LogP contribution in [0.25, 0.3) is 11.1 Å². The maximum absolute atomic E-state index is 6.71. The SMILES string of the molecule is C=C/C=C(\C=C)N(c1ccccc1)c1ccc(-c2ccc3c(c2)C(C)(C)OC32CCCC2)cc1C. The molecule has 1 spiro atoms. The molecule has 0 aromatic heterocycles. The molecule has 3 aromatic carbocycles. The van der Waals surface area contributed by atoms with Gasteiger partial charge in [0.15, 0.2) is 0 Å². The van der Waals surface area contributed by atoms with Crippen molar-refractivity contribution in [2.45, 2.75) is 57.7 Å². The minimum absolute atomic E-state index is 0.0775. The van der Waals surface area contributed by atoms with Crippen LogP contribution in [0, 0.1) is 6.92 Å². The molecule has 0 saturated heterocycles. The van der Waals surface area contributed by atoms with Gasteiger partial charge in [-0.25, -0.2) is 0 Å². The Morgan fingerprint density at radius 3 is 2.23 bits per heavy atom. The normalized spacial score (nSPS) is 17.9. The fourth-order valence-corrected chi connectivity index (χ4v) is 5.98. The van der Waals surface area contributed by atoms with Gasteiger partial charge in [-0.05, 0) is 104 Å². The Bertz CT molecular complexity index is 1290. The second kappa shape index (κ2) is 9.02. The van der Waals surface area contributed by atoms with Crippen molar-refractivity contribution in [1.82, 2.24) is 0 Å². The Balaban J connectivity index is 1.56. The first kappa shape index (κ1) is 23.4. The minimum Gasteiger partial charge on any atom is -0.360 e. The molecule has 1 heterocycles. The largest absolute Gasteiger partial charge is 0.360 e. The zero-order chi connectivity index (χ0) is 24.6. The molecule has 3 aromatic rings. The highest BCUT2D eigenvalue weighted by atomic mass is 16.5. The Hall–Kier alpha value is -3.36. The van der Waals surface area contributed by atoms with Gasteiger partial charge in [-0.3, -0.25) is 0 Å². The molecule has 2 heteroatoms. The van der Waals surface area contributed by atoms with Crippen LogP contribution in [0.15, 0.2) is 104 Å². The number of anilines is 2. The van der Waals surface area contributed by atoms with Crippen LogP contribution in [0.3, 0.4) is 0 Å². The summed E-state index contributed by atoms with van der Waals surface area (Å²) < 4.78 is 6.71. The molecule has 0 N–H and O–H groups in total. The van der Waals surface area contributed by atoms with E-state index in [4.69, 9.17) is 4.74 Å². The van der Waals surface area contributed by atoms with E-state index in [9.17, 15) is 0 Å². The molecule has 2 nitrogen and oxygen atoms in total. The lowest BCUT2D eigenvalue weighted by molar-refractivity contribution is -0.122. The first-order chi connectivity index (χ1) is 16.9. The molecule has 35 heavy (non-hydrogen) atoms. The van der Waals surface area contributed by atoms with E-state index in [1.54, 1.807) is 0 Å². The highest BCUT2D eigenvalue weighted by molar-refractivity contribution is 5.77. The molecule has 0 radical (unpaired) electrons. The van der Waals surface area contributed by atoms with Gasteiger partial charge in [0, 0.05) is 17.1 Å². The maximum atomic E-state index is 6.71. The lowest BCUT2D eigenvalue weighted by Gasteiger charge is -2.28. The van der Waals surface area contributed by atoms with Crippen molar-refractivity contribution < 1.29 is 4.74 Å². The smallest absolute Gasteiger partial charge is 0.0946 e. The highest BCUT2D eigenvalue weighted by Crippen LogP contribution is 2.55. The van der Waals surface area contributed by atoms with Crippen LogP contribution < -0.4 is 4.90 Å². The van der Waals surface area contributed by atoms with Gasteiger partial charge in [-0.15, -0.1) is 0 Å². The van der Waals surface area contributed by atoms with Crippen molar-refractivity contribution in [2.75, 3.05) is 4.90 Å². The second-order valence-electron chi connectivity index (χ2n) is 10.3. The lowest BCUT2D eigenvalue weighted by Crippen LogP contribution is -2.25. The number of hydrogen-bond donors (Lipinski definition) is 0. The number of aryl methyl sites for hydroxylation is 1. The number of rotatable bonds is 6. The summed E-state index contributed by atoms with van der Waals surface area (Å²) in [7, 11) is 0. The molecule has 2 aliphatic rings. The number of benzene rings is 3. The fourth-order valence-electron chi connectivity index (χ4n) is 5.98. The van der Waals surface area contributed by atoms with Crippen LogP contribution in [0.1, 0.15) is 56.2 Å². The Kier molecular flexibility index (Phi) is 6.02. The van der Waals surface area contributed by atoms with E-state index in [2.05, 4.69) is 99.5 Å². The average Bonchev–Trinajstić information content (AvgIpc) is 3.41. The molecule has 5 rings (SSSR count). The zero-order valence-electron chi connectivity index (χ0n) is 21.2. The summed E-state index contributed by atoms with van der Waals surface area (Å²) in [5, 5.41) is 0. The van der Waals surface area contributed by atoms with Gasteiger partial charge >= 0.3 is 0 Å². The number of allylic oxidation sites excluding steroid dienone is 3. The third-order valence-corrected chi connectivity index (χ3v) is 7.56. The van der Waals surface area contributed by atoms with Gasteiger partial charge in [-0.2, -0.15) is 0 Å². The summed E-state index contributed by atoms with van der Waals surface area (Å²) in [5.41, 5.74) is 9.27. The average molecular weight is 462 g/mol. The van der Waals surface area contributed by atoms with E-state index in [1.807, 2.05) is 24.3 Å². The number of fused-ring (bicyclic) bond motifs is 2. The zero-order valence-corrected chi connectivity index (χ0v) is 21.2. The van der Waals surface area contributed by atoms with E-state index >= 15 is 0 Å². The van der Waals surface area contributed by atoms with Crippen molar-refractivity contribution in [3.05, 3.63) is 121 Å². The summed E-state index contributed by atoms with van der Waals surface area (Å²) >= 11 is 0. The van der Waals surface area contributed by atoms with E-state index in [0.717, 1.165) is 29.9 Å². The predicted molar refractivity (Wildman–Crippen MR) is 148 cm³/mol. The maximum Gasteiger partial charge on any atom is 0.0946 e. The van der Waals surface area contributed by atoms with Crippen LogP contribution in [-0.2, 0) is 15.9 Å². The predicted octanol–water partition coefficient (Wildman–Crippen LogP) is 9.09. The van der Waals surface area contributed by atoms with Crippen LogP contribution in [0.5, 0.6) is 0 Å². The first-order valence-corrected chi connectivity index (χ1v) is 12.7. The minimum atomic E-state index is -0.261. The van der Waals surface area contributed by atoms with Gasteiger partial charge in [0.1, 0.15) is 0 Å². The summed E-state index contributed by atoms with van der Waals surface area (Å²) in [4.78, 5) is 2.23. The third kappa shape index (κ3) is 4.06. The van der Waals surface area contributed by atoms with Crippen molar-refractivity contribution in [3.63, 3.8) is 0 Å². The summed E-state index contributed by atoms with van der Waals surface area (Å²) in [6.45, 7) is 14.6. The monoisotopic (exact) mass is 461 g/mol. The molecule has 1 saturated carbocycles. The van der Waals surface area contributed by atoms with Crippen LogP contribution in [0.4, 0.5) is 11.4 Å². The molecule has 0 bridgehead atoms. The van der Waals surface area contributed by atoms with Crippen LogP contribution in [-0.4, -0.2) is 0 Å². The van der Waals surface area contributed by atoms with Gasteiger partial charge in [0.05, 0.1) is 11.2 Å².